The highest BCUT2D eigenvalue weighted by molar-refractivity contribution is 7.99. The fourth-order valence-corrected chi connectivity index (χ4v) is 6.73. The van der Waals surface area contributed by atoms with E-state index in [1.54, 1.807) is 24.3 Å². The summed E-state index contributed by atoms with van der Waals surface area (Å²) in [6.07, 6.45) is 5.34. The molecule has 0 spiro atoms. The Morgan fingerprint density at radius 1 is 1.46 bits per heavy atom. The van der Waals surface area contributed by atoms with Crippen molar-refractivity contribution in [3.8, 4) is 11.8 Å². The van der Waals surface area contributed by atoms with Gasteiger partial charge in [0.2, 0.25) is 5.91 Å². The monoisotopic (exact) mass is 575 g/mol. The number of rotatable bonds is 10. The first-order chi connectivity index (χ1) is 17.8. The van der Waals surface area contributed by atoms with Crippen LogP contribution >= 0.6 is 46.3 Å². The molecule has 0 radical (unpaired) electrons. The Balaban J connectivity index is 1.44. The molecule has 194 valence electrons. The van der Waals surface area contributed by atoms with Crippen LogP contribution in [0, 0.1) is 17.2 Å². The van der Waals surface area contributed by atoms with Gasteiger partial charge in [-0.1, -0.05) is 54.4 Å². The van der Waals surface area contributed by atoms with E-state index in [1.807, 2.05) is 11.5 Å². The van der Waals surface area contributed by atoms with Crippen molar-refractivity contribution in [2.24, 2.45) is 5.92 Å². The smallest absolute Gasteiger partial charge is 0.235 e. The third-order valence-electron chi connectivity index (χ3n) is 6.26. The molecule has 0 bridgehead atoms. The minimum Gasteiger partial charge on any atom is -0.481 e. The summed E-state index contributed by atoms with van der Waals surface area (Å²) in [5.41, 5.74) is 1.71. The number of fused-ring (bicyclic) bond motifs is 1. The minimum atomic E-state index is -0.478. The summed E-state index contributed by atoms with van der Waals surface area (Å²) in [7, 11) is 0. The normalized spacial score (nSPS) is 15.5. The largest absolute Gasteiger partial charge is 0.481 e. The van der Waals surface area contributed by atoms with Gasteiger partial charge in [-0.05, 0) is 49.8 Å². The second-order valence-corrected chi connectivity index (χ2v) is 11.6. The van der Waals surface area contributed by atoms with Crippen LogP contribution in [0.1, 0.15) is 54.6 Å². The number of nitrogens with one attached hydrogen (secondary N) is 1. The van der Waals surface area contributed by atoms with Gasteiger partial charge in [0.1, 0.15) is 16.8 Å². The molecule has 37 heavy (non-hydrogen) atoms. The number of thioether (sulfide) groups is 1. The second kappa shape index (κ2) is 12.4. The van der Waals surface area contributed by atoms with Gasteiger partial charge >= 0.3 is 0 Å². The van der Waals surface area contributed by atoms with Gasteiger partial charge in [-0.2, -0.15) is 5.26 Å². The van der Waals surface area contributed by atoms with Gasteiger partial charge in [0.25, 0.3) is 0 Å². The Bertz CT molecular complexity index is 1350. The maximum Gasteiger partial charge on any atom is 0.235 e. The van der Waals surface area contributed by atoms with Gasteiger partial charge in [0, 0.05) is 22.5 Å². The van der Waals surface area contributed by atoms with Gasteiger partial charge < -0.3 is 10.1 Å². The van der Waals surface area contributed by atoms with Gasteiger partial charge in [-0.25, -0.2) is 0 Å². The molecule has 2 aromatic heterocycles. The molecular formula is C26H27Cl2N5O2S2. The summed E-state index contributed by atoms with van der Waals surface area (Å²) in [4.78, 5) is 14.1. The van der Waals surface area contributed by atoms with Crippen molar-refractivity contribution < 1.29 is 9.53 Å². The van der Waals surface area contributed by atoms with Crippen LogP contribution < -0.4 is 10.1 Å². The lowest BCUT2D eigenvalue weighted by atomic mass is 9.86. The lowest BCUT2D eigenvalue weighted by Crippen LogP contribution is -2.15. The first-order valence-corrected chi connectivity index (χ1v) is 14.5. The van der Waals surface area contributed by atoms with Crippen molar-refractivity contribution in [2.75, 3.05) is 11.1 Å². The van der Waals surface area contributed by atoms with E-state index in [-0.39, 0.29) is 11.7 Å². The third-order valence-corrected chi connectivity index (χ3v) is 8.94. The van der Waals surface area contributed by atoms with E-state index >= 15 is 0 Å². The Hall–Kier alpha value is -2.51. The number of hydrogen-bond acceptors (Lipinski definition) is 7. The summed E-state index contributed by atoms with van der Waals surface area (Å²) in [5.74, 6) is 1.58. The minimum absolute atomic E-state index is 0.121. The van der Waals surface area contributed by atoms with Crippen LogP contribution in [-0.2, 0) is 24.2 Å². The molecule has 3 aromatic rings. The number of carbonyl (C=O) groups excluding carboxylic acids is 1. The lowest BCUT2D eigenvalue weighted by Gasteiger charge is -2.20. The predicted molar refractivity (Wildman–Crippen MR) is 150 cm³/mol. The molecule has 0 fully saturated rings. The zero-order chi connectivity index (χ0) is 26.5. The number of amides is 1. The maximum absolute atomic E-state index is 12.8. The topological polar surface area (TPSA) is 92.8 Å². The van der Waals surface area contributed by atoms with Crippen molar-refractivity contribution in [1.29, 1.82) is 5.26 Å². The van der Waals surface area contributed by atoms with Crippen molar-refractivity contribution in [2.45, 2.75) is 57.3 Å². The highest BCUT2D eigenvalue weighted by Crippen LogP contribution is 2.40. The van der Waals surface area contributed by atoms with Crippen molar-refractivity contribution in [3.63, 3.8) is 0 Å². The molecule has 0 aliphatic heterocycles. The summed E-state index contributed by atoms with van der Waals surface area (Å²) < 4.78 is 7.86. The summed E-state index contributed by atoms with van der Waals surface area (Å²) in [6, 6.07) is 7.31. The number of aromatic nitrogens is 3. The molecule has 2 atom stereocenters. The zero-order valence-corrected chi connectivity index (χ0v) is 23.7. The number of ether oxygens (including phenoxy) is 1. The van der Waals surface area contributed by atoms with E-state index in [2.05, 4.69) is 35.1 Å². The first-order valence-electron chi connectivity index (χ1n) is 12.0. The van der Waals surface area contributed by atoms with Crippen LogP contribution in [0.25, 0.3) is 0 Å². The number of carbonyl (C=O) groups is 1. The van der Waals surface area contributed by atoms with Crippen molar-refractivity contribution in [1.82, 2.24) is 14.8 Å². The predicted octanol–water partition coefficient (Wildman–Crippen LogP) is 7.09. The number of benzene rings is 1. The first kappa shape index (κ1) is 27.5. The Labute approximate surface area is 234 Å². The standard InChI is InChI=1S/C26H27Cl2N5O2S2/c1-4-10-33-24(15(3)35-21-12-17(27)7-9-20(21)28)31-32-26(33)36-14-23(34)30-25-19(13-29)18-8-6-16(5-2)11-22(18)37-25/h4,7,9,12,15-16H,1,5-6,8,10-11,14H2,2-3H3,(H,30,34). The fraction of sp³-hybridized carbons (Fsp3) is 0.385. The van der Waals surface area contributed by atoms with Gasteiger partial charge in [0.15, 0.2) is 17.1 Å². The quantitative estimate of drug-likeness (QED) is 0.205. The molecule has 4 rings (SSSR count). The van der Waals surface area contributed by atoms with E-state index in [9.17, 15) is 10.1 Å². The average molecular weight is 577 g/mol. The van der Waals surface area contributed by atoms with E-state index in [1.165, 1.54) is 28.0 Å². The van der Waals surface area contributed by atoms with E-state index in [4.69, 9.17) is 27.9 Å². The molecule has 0 saturated heterocycles. The Morgan fingerprint density at radius 3 is 3.00 bits per heavy atom. The van der Waals surface area contributed by atoms with Crippen LogP contribution in [0.5, 0.6) is 5.75 Å². The molecule has 1 aromatic carbocycles. The highest BCUT2D eigenvalue weighted by atomic mass is 35.5. The lowest BCUT2D eigenvalue weighted by molar-refractivity contribution is -0.113. The van der Waals surface area contributed by atoms with Crippen molar-refractivity contribution in [3.05, 3.63) is 62.7 Å². The summed E-state index contributed by atoms with van der Waals surface area (Å²) in [5, 5.41) is 23.4. The molecule has 2 unspecified atom stereocenters. The number of nitrogens with zero attached hydrogens (tertiary/aromatic N) is 4. The molecule has 0 saturated carbocycles. The molecule has 1 aliphatic carbocycles. The molecule has 11 heteroatoms. The Morgan fingerprint density at radius 2 is 2.27 bits per heavy atom. The maximum atomic E-state index is 12.8. The van der Waals surface area contributed by atoms with Gasteiger partial charge in [-0.15, -0.1) is 28.1 Å². The van der Waals surface area contributed by atoms with E-state index in [0.29, 0.717) is 49.8 Å². The van der Waals surface area contributed by atoms with Crippen LogP contribution in [0.2, 0.25) is 10.0 Å². The number of anilines is 1. The molecular weight excluding hydrogens is 549 g/mol. The highest BCUT2D eigenvalue weighted by Gasteiger charge is 2.26. The van der Waals surface area contributed by atoms with Crippen LogP contribution in [0.4, 0.5) is 5.00 Å². The Kier molecular flexibility index (Phi) is 9.19. The summed E-state index contributed by atoms with van der Waals surface area (Å²) in [6.45, 7) is 8.31. The van der Waals surface area contributed by atoms with Gasteiger partial charge in [-0.3, -0.25) is 9.36 Å². The number of thiophene rings is 1. The number of hydrogen-bond donors (Lipinski definition) is 1. The van der Waals surface area contributed by atoms with Crippen LogP contribution in [0.15, 0.2) is 36.0 Å². The van der Waals surface area contributed by atoms with E-state index < -0.39 is 6.10 Å². The molecule has 1 N–H and O–H groups in total. The number of allylic oxidation sites excluding steroid dienone is 1. The number of nitriles is 1. The average Bonchev–Trinajstić information content (AvgIpc) is 3.44. The molecule has 7 nitrogen and oxygen atoms in total. The zero-order valence-electron chi connectivity index (χ0n) is 20.6. The van der Waals surface area contributed by atoms with Crippen molar-refractivity contribution >= 4 is 57.2 Å². The van der Waals surface area contributed by atoms with Crippen LogP contribution in [-0.4, -0.2) is 26.4 Å². The van der Waals surface area contributed by atoms with Gasteiger partial charge in [0.05, 0.1) is 16.3 Å². The summed E-state index contributed by atoms with van der Waals surface area (Å²) >= 11 is 15.1. The second-order valence-electron chi connectivity index (χ2n) is 8.75. The number of halogens is 2. The van der Waals surface area contributed by atoms with Crippen LogP contribution in [0.3, 0.4) is 0 Å². The molecule has 2 heterocycles. The SMILES string of the molecule is C=CCn1c(SCC(=O)Nc2sc3c(c2C#N)CCC(CC)C3)nnc1C(C)Oc1cc(Cl)ccc1Cl. The third kappa shape index (κ3) is 6.32. The molecule has 1 amide bonds. The van der Waals surface area contributed by atoms with E-state index in [0.717, 1.165) is 31.2 Å². The fourth-order valence-electron chi connectivity index (χ4n) is 4.32. The molecule has 1 aliphatic rings.